The molecule has 0 aliphatic heterocycles. The molecule has 1 aromatic carbocycles. The number of ketones is 1. The number of nitrogens with one attached hydrogen (secondary N) is 1. The summed E-state index contributed by atoms with van der Waals surface area (Å²) in [6, 6.07) is 0.716. The summed E-state index contributed by atoms with van der Waals surface area (Å²) < 4.78 is 27.1. The number of nitro benzene ring substituents is 1. The van der Waals surface area contributed by atoms with E-state index in [2.05, 4.69) is 5.32 Å². The first-order valence-electron chi connectivity index (χ1n) is 6.34. The van der Waals surface area contributed by atoms with E-state index in [1.54, 1.807) is 0 Å². The molecule has 2 rings (SSSR count). The number of halogens is 2. The van der Waals surface area contributed by atoms with Crippen molar-refractivity contribution in [2.45, 2.75) is 31.7 Å². The molecule has 0 saturated heterocycles. The SMILES string of the molecule is O=C1CCC(NC(=O)c2cc(F)cc([N+](=O)[O-])c2F)CC1. The normalized spacial score (nSPS) is 15.8. The average molecular weight is 298 g/mol. The molecule has 0 bridgehead atoms. The van der Waals surface area contributed by atoms with Crippen molar-refractivity contribution in [1.29, 1.82) is 0 Å². The Labute approximate surface area is 118 Å². The predicted octanol–water partition coefficient (Wildman–Crippen LogP) is 2.11. The molecule has 0 spiro atoms. The molecule has 1 aliphatic rings. The lowest BCUT2D eigenvalue weighted by Crippen LogP contribution is -2.38. The highest BCUT2D eigenvalue weighted by molar-refractivity contribution is 5.95. The van der Waals surface area contributed by atoms with Gasteiger partial charge in [-0.05, 0) is 18.9 Å². The molecule has 1 aliphatic carbocycles. The van der Waals surface area contributed by atoms with E-state index in [0.717, 1.165) is 0 Å². The molecule has 8 heteroatoms. The fourth-order valence-corrected chi connectivity index (χ4v) is 2.22. The van der Waals surface area contributed by atoms with Gasteiger partial charge in [-0.15, -0.1) is 0 Å². The molecule has 21 heavy (non-hydrogen) atoms. The van der Waals surface area contributed by atoms with Crippen LogP contribution >= 0.6 is 0 Å². The van der Waals surface area contributed by atoms with Gasteiger partial charge in [0.1, 0.15) is 11.6 Å². The van der Waals surface area contributed by atoms with E-state index >= 15 is 0 Å². The van der Waals surface area contributed by atoms with Gasteiger partial charge in [0, 0.05) is 18.9 Å². The van der Waals surface area contributed by atoms with E-state index in [-0.39, 0.29) is 11.8 Å². The summed E-state index contributed by atoms with van der Waals surface area (Å²) >= 11 is 0. The lowest BCUT2D eigenvalue weighted by atomic mass is 9.94. The van der Waals surface area contributed by atoms with Crippen molar-refractivity contribution in [1.82, 2.24) is 5.32 Å². The first-order chi connectivity index (χ1) is 9.88. The van der Waals surface area contributed by atoms with Crippen LogP contribution in [0.1, 0.15) is 36.0 Å². The van der Waals surface area contributed by atoms with Crippen LogP contribution in [0.4, 0.5) is 14.5 Å². The lowest BCUT2D eigenvalue weighted by Gasteiger charge is -2.22. The number of rotatable bonds is 3. The number of amides is 1. The van der Waals surface area contributed by atoms with E-state index in [1.165, 1.54) is 0 Å². The highest BCUT2D eigenvalue weighted by Gasteiger charge is 2.26. The van der Waals surface area contributed by atoms with E-state index in [1.807, 2.05) is 0 Å². The molecule has 1 N–H and O–H groups in total. The van der Waals surface area contributed by atoms with E-state index in [9.17, 15) is 28.5 Å². The quantitative estimate of drug-likeness (QED) is 0.683. The molecule has 6 nitrogen and oxygen atoms in total. The van der Waals surface area contributed by atoms with Crippen molar-refractivity contribution in [3.8, 4) is 0 Å². The van der Waals surface area contributed by atoms with Crippen molar-refractivity contribution in [2.24, 2.45) is 0 Å². The molecule has 1 fully saturated rings. The molecular weight excluding hydrogens is 286 g/mol. The van der Waals surface area contributed by atoms with E-state index in [0.29, 0.717) is 37.8 Å². The number of Topliss-reactive ketones (excluding diaryl/α,β-unsaturated/α-hetero) is 1. The molecule has 0 heterocycles. The molecule has 0 atom stereocenters. The van der Waals surface area contributed by atoms with E-state index in [4.69, 9.17) is 0 Å². The number of hydrogen-bond donors (Lipinski definition) is 1. The Kier molecular flexibility index (Phi) is 4.25. The number of nitrogens with zero attached hydrogens (tertiary/aromatic N) is 1. The maximum atomic E-state index is 13.8. The monoisotopic (exact) mass is 298 g/mol. The topological polar surface area (TPSA) is 89.3 Å². The summed E-state index contributed by atoms with van der Waals surface area (Å²) in [7, 11) is 0. The third kappa shape index (κ3) is 3.39. The van der Waals surface area contributed by atoms with Crippen molar-refractivity contribution in [3.63, 3.8) is 0 Å². The van der Waals surface area contributed by atoms with Gasteiger partial charge in [-0.3, -0.25) is 19.7 Å². The summed E-state index contributed by atoms with van der Waals surface area (Å²) in [5.41, 5.74) is -1.79. The van der Waals surface area contributed by atoms with Gasteiger partial charge >= 0.3 is 5.69 Å². The lowest BCUT2D eigenvalue weighted by molar-refractivity contribution is -0.387. The standard InChI is InChI=1S/C13H12F2N2O4/c14-7-5-10(12(15)11(6-7)17(20)21)13(19)16-8-1-3-9(18)4-2-8/h5-6,8H,1-4H2,(H,16,19). The van der Waals surface area contributed by atoms with Gasteiger partial charge in [-0.25, -0.2) is 4.39 Å². The van der Waals surface area contributed by atoms with Gasteiger partial charge in [0.2, 0.25) is 5.82 Å². The maximum absolute atomic E-state index is 13.8. The first kappa shape index (κ1) is 15.0. The Morgan fingerprint density at radius 3 is 2.48 bits per heavy atom. The van der Waals surface area contributed by atoms with Gasteiger partial charge in [0.05, 0.1) is 16.6 Å². The zero-order chi connectivity index (χ0) is 15.6. The molecule has 1 aromatic rings. The van der Waals surface area contributed by atoms with Gasteiger partial charge < -0.3 is 5.32 Å². The smallest absolute Gasteiger partial charge is 0.308 e. The Hall–Kier alpha value is -2.38. The summed E-state index contributed by atoms with van der Waals surface area (Å²) in [6.45, 7) is 0. The highest BCUT2D eigenvalue weighted by atomic mass is 19.1. The zero-order valence-electron chi connectivity index (χ0n) is 10.9. The minimum absolute atomic E-state index is 0.0908. The molecule has 0 aromatic heterocycles. The van der Waals surface area contributed by atoms with Crippen molar-refractivity contribution in [3.05, 3.63) is 39.4 Å². The van der Waals surface area contributed by atoms with E-state index < -0.39 is 33.7 Å². The van der Waals surface area contributed by atoms with Crippen LogP contribution in [-0.2, 0) is 4.79 Å². The Morgan fingerprint density at radius 2 is 1.90 bits per heavy atom. The van der Waals surface area contributed by atoms with Crippen molar-refractivity contribution < 1.29 is 23.3 Å². The van der Waals surface area contributed by atoms with Crippen LogP contribution in [0, 0.1) is 21.7 Å². The highest BCUT2D eigenvalue weighted by Crippen LogP contribution is 2.23. The number of nitro groups is 1. The Bertz CT molecular complexity index is 608. The third-order valence-corrected chi connectivity index (χ3v) is 3.34. The summed E-state index contributed by atoms with van der Waals surface area (Å²) in [5, 5.41) is 13.1. The summed E-state index contributed by atoms with van der Waals surface area (Å²) in [4.78, 5) is 32.5. The second kappa shape index (κ2) is 5.94. The molecule has 0 unspecified atom stereocenters. The van der Waals surface area contributed by atoms with Crippen molar-refractivity contribution >= 4 is 17.4 Å². The minimum Gasteiger partial charge on any atom is -0.349 e. The first-order valence-corrected chi connectivity index (χ1v) is 6.34. The number of carbonyl (C=O) groups is 2. The van der Waals surface area contributed by atoms with Crippen LogP contribution < -0.4 is 5.32 Å². The predicted molar refractivity (Wildman–Crippen MR) is 67.7 cm³/mol. The zero-order valence-corrected chi connectivity index (χ0v) is 10.9. The molecular formula is C13H12F2N2O4. The van der Waals surface area contributed by atoms with Crippen LogP contribution in [-0.4, -0.2) is 22.7 Å². The largest absolute Gasteiger partial charge is 0.349 e. The third-order valence-electron chi connectivity index (χ3n) is 3.34. The van der Waals surface area contributed by atoms with Gasteiger partial charge in [0.15, 0.2) is 0 Å². The number of benzene rings is 1. The van der Waals surface area contributed by atoms with Gasteiger partial charge in [-0.2, -0.15) is 4.39 Å². The minimum atomic E-state index is -1.37. The summed E-state index contributed by atoms with van der Waals surface area (Å²) in [5.74, 6) is -3.26. The molecule has 112 valence electrons. The maximum Gasteiger partial charge on any atom is 0.308 e. The van der Waals surface area contributed by atoms with Crippen LogP contribution in [0.15, 0.2) is 12.1 Å². The fraction of sp³-hybridized carbons (Fsp3) is 0.385. The van der Waals surface area contributed by atoms with Gasteiger partial charge in [0.25, 0.3) is 5.91 Å². The molecule has 1 amide bonds. The average Bonchev–Trinajstić information content (AvgIpc) is 2.43. The molecule has 1 saturated carbocycles. The summed E-state index contributed by atoms with van der Waals surface area (Å²) in [6.07, 6.45) is 1.47. The number of hydrogen-bond acceptors (Lipinski definition) is 4. The van der Waals surface area contributed by atoms with Crippen LogP contribution in [0.5, 0.6) is 0 Å². The van der Waals surface area contributed by atoms with Crippen LogP contribution in [0.3, 0.4) is 0 Å². The van der Waals surface area contributed by atoms with Crippen molar-refractivity contribution in [2.75, 3.05) is 0 Å². The second-order valence-corrected chi connectivity index (χ2v) is 4.83. The van der Waals surface area contributed by atoms with Crippen LogP contribution in [0.2, 0.25) is 0 Å². The van der Waals surface area contributed by atoms with Gasteiger partial charge in [-0.1, -0.05) is 0 Å². The van der Waals surface area contributed by atoms with Crippen LogP contribution in [0.25, 0.3) is 0 Å². The Morgan fingerprint density at radius 1 is 1.29 bits per heavy atom. The molecule has 0 radical (unpaired) electrons. The second-order valence-electron chi connectivity index (χ2n) is 4.83. The fourth-order valence-electron chi connectivity index (χ4n) is 2.22. The Balaban J connectivity index is 2.19. The number of carbonyl (C=O) groups excluding carboxylic acids is 2.